The van der Waals surface area contributed by atoms with E-state index in [0.717, 1.165) is 6.42 Å². The van der Waals surface area contributed by atoms with Crippen molar-refractivity contribution in [3.05, 3.63) is 29.0 Å². The minimum atomic E-state index is -0.890. The molecule has 2 N–H and O–H groups in total. The van der Waals surface area contributed by atoms with Gasteiger partial charge in [-0.3, -0.25) is 9.78 Å². The molecule has 17 heavy (non-hydrogen) atoms. The van der Waals surface area contributed by atoms with E-state index in [9.17, 15) is 9.90 Å². The maximum Gasteiger partial charge on any atom is 0.254 e. The number of nitrogens with zero attached hydrogens (tertiary/aromatic N) is 1. The highest BCUT2D eigenvalue weighted by Crippen LogP contribution is 2.14. The molecule has 0 fully saturated rings. The first-order valence-corrected chi connectivity index (χ1v) is 5.94. The number of pyridine rings is 1. The fourth-order valence-corrected chi connectivity index (χ4v) is 1.73. The Kier molecular flexibility index (Phi) is 4.90. The molecule has 0 aromatic carbocycles. The molecular formula is C12H17ClN2O2. The van der Waals surface area contributed by atoms with Gasteiger partial charge in [-0.05, 0) is 19.4 Å². The second-order valence-corrected chi connectivity index (χ2v) is 4.69. The van der Waals surface area contributed by atoms with Gasteiger partial charge in [0.15, 0.2) is 0 Å². The van der Waals surface area contributed by atoms with E-state index >= 15 is 0 Å². The number of hydrogen-bond donors (Lipinski definition) is 2. The summed E-state index contributed by atoms with van der Waals surface area (Å²) in [5, 5.41) is 12.9. The Morgan fingerprint density at radius 3 is 2.94 bits per heavy atom. The van der Waals surface area contributed by atoms with E-state index in [2.05, 4.69) is 10.3 Å². The molecule has 0 aliphatic heterocycles. The topological polar surface area (TPSA) is 62.2 Å². The summed E-state index contributed by atoms with van der Waals surface area (Å²) in [6, 6.07) is 1.56. The molecule has 1 atom stereocenters. The van der Waals surface area contributed by atoms with Crippen LogP contribution in [-0.4, -0.2) is 28.1 Å². The highest BCUT2D eigenvalue weighted by Gasteiger charge is 2.20. The van der Waals surface area contributed by atoms with Crippen molar-refractivity contribution in [2.75, 3.05) is 6.54 Å². The Hall–Kier alpha value is -1.13. The molecule has 4 nitrogen and oxygen atoms in total. The van der Waals surface area contributed by atoms with Gasteiger partial charge in [-0.2, -0.15) is 0 Å². The van der Waals surface area contributed by atoms with E-state index in [0.29, 0.717) is 17.0 Å². The molecule has 1 amide bonds. The largest absolute Gasteiger partial charge is 0.388 e. The van der Waals surface area contributed by atoms with Gasteiger partial charge in [0.2, 0.25) is 0 Å². The summed E-state index contributed by atoms with van der Waals surface area (Å²) < 4.78 is 0. The summed E-state index contributed by atoms with van der Waals surface area (Å²) in [6.45, 7) is 3.88. The van der Waals surface area contributed by atoms with Crippen LogP contribution < -0.4 is 5.32 Å². The van der Waals surface area contributed by atoms with Gasteiger partial charge in [0.05, 0.1) is 16.2 Å². The Morgan fingerprint density at radius 1 is 1.65 bits per heavy atom. The van der Waals surface area contributed by atoms with Crippen LogP contribution in [0.2, 0.25) is 5.02 Å². The maximum atomic E-state index is 11.8. The van der Waals surface area contributed by atoms with Crippen LogP contribution in [0.3, 0.4) is 0 Å². The van der Waals surface area contributed by atoms with Crippen molar-refractivity contribution in [1.82, 2.24) is 10.3 Å². The summed E-state index contributed by atoms with van der Waals surface area (Å²) in [5.41, 5.74) is -0.569. The molecule has 1 aromatic rings. The predicted molar refractivity (Wildman–Crippen MR) is 67.1 cm³/mol. The third-order valence-electron chi connectivity index (χ3n) is 2.43. The van der Waals surface area contributed by atoms with Gasteiger partial charge < -0.3 is 10.4 Å². The van der Waals surface area contributed by atoms with Gasteiger partial charge in [0.1, 0.15) is 0 Å². The summed E-state index contributed by atoms with van der Waals surface area (Å²) in [7, 11) is 0. The summed E-state index contributed by atoms with van der Waals surface area (Å²) >= 11 is 5.87. The first-order chi connectivity index (χ1) is 7.96. The summed E-state index contributed by atoms with van der Waals surface area (Å²) in [4.78, 5) is 15.6. The maximum absolute atomic E-state index is 11.8. The third-order valence-corrected chi connectivity index (χ3v) is 2.76. The number of carbonyl (C=O) groups excluding carboxylic acids is 1. The monoisotopic (exact) mass is 256 g/mol. The molecule has 0 aliphatic rings. The lowest BCUT2D eigenvalue weighted by Crippen LogP contribution is -2.40. The van der Waals surface area contributed by atoms with Crippen molar-refractivity contribution in [2.24, 2.45) is 0 Å². The molecule has 1 aromatic heterocycles. The van der Waals surface area contributed by atoms with Crippen LogP contribution in [0.1, 0.15) is 37.0 Å². The minimum absolute atomic E-state index is 0.199. The normalized spacial score (nSPS) is 14.1. The molecule has 0 saturated heterocycles. The van der Waals surface area contributed by atoms with Gasteiger partial charge in [-0.1, -0.05) is 24.9 Å². The van der Waals surface area contributed by atoms with Crippen LogP contribution in [0.5, 0.6) is 0 Å². The zero-order valence-corrected chi connectivity index (χ0v) is 10.8. The van der Waals surface area contributed by atoms with E-state index in [-0.39, 0.29) is 12.5 Å². The van der Waals surface area contributed by atoms with Crippen LogP contribution in [0.4, 0.5) is 0 Å². The lowest BCUT2D eigenvalue weighted by molar-refractivity contribution is 0.0469. The van der Waals surface area contributed by atoms with Crippen molar-refractivity contribution in [1.29, 1.82) is 0 Å². The first-order valence-electron chi connectivity index (χ1n) is 5.56. The molecule has 1 heterocycles. The van der Waals surface area contributed by atoms with E-state index in [1.54, 1.807) is 13.0 Å². The van der Waals surface area contributed by atoms with Crippen LogP contribution in [0, 0.1) is 0 Å². The molecule has 0 aliphatic carbocycles. The van der Waals surface area contributed by atoms with Crippen LogP contribution in [0.25, 0.3) is 0 Å². The summed E-state index contributed by atoms with van der Waals surface area (Å²) in [6.07, 6.45) is 4.42. The van der Waals surface area contributed by atoms with Crippen LogP contribution in [-0.2, 0) is 0 Å². The minimum Gasteiger partial charge on any atom is -0.388 e. The molecule has 0 saturated carbocycles. The lowest BCUT2D eigenvalue weighted by Gasteiger charge is -2.22. The Bertz CT molecular complexity index is 394. The molecule has 0 spiro atoms. The highest BCUT2D eigenvalue weighted by atomic mass is 35.5. The van der Waals surface area contributed by atoms with E-state index in [1.807, 2.05) is 6.92 Å². The fraction of sp³-hybridized carbons (Fsp3) is 0.500. The van der Waals surface area contributed by atoms with Crippen molar-refractivity contribution in [3.63, 3.8) is 0 Å². The molecule has 0 radical (unpaired) electrons. The second kappa shape index (κ2) is 5.98. The van der Waals surface area contributed by atoms with Gasteiger partial charge >= 0.3 is 0 Å². The average Bonchev–Trinajstić information content (AvgIpc) is 2.27. The highest BCUT2D eigenvalue weighted by molar-refractivity contribution is 6.33. The zero-order chi connectivity index (χ0) is 12.9. The first kappa shape index (κ1) is 13.9. The quantitative estimate of drug-likeness (QED) is 0.847. The van der Waals surface area contributed by atoms with Crippen molar-refractivity contribution in [2.45, 2.75) is 32.3 Å². The third kappa shape index (κ3) is 4.32. The Balaban J connectivity index is 2.59. The van der Waals surface area contributed by atoms with Gasteiger partial charge in [0, 0.05) is 18.9 Å². The number of hydrogen-bond acceptors (Lipinski definition) is 3. The number of carbonyl (C=O) groups is 1. The lowest BCUT2D eigenvalue weighted by atomic mass is 10.0. The molecule has 94 valence electrons. The standard InChI is InChI=1S/C12H17ClN2O2/c1-3-5-12(2,17)8-15-11(16)9-7-14-6-4-10(9)13/h4,6-7,17H,3,5,8H2,1-2H3,(H,15,16). The molecule has 5 heteroatoms. The molecule has 0 bridgehead atoms. The van der Waals surface area contributed by atoms with E-state index in [4.69, 9.17) is 11.6 Å². The summed E-state index contributed by atoms with van der Waals surface area (Å²) in [5.74, 6) is -0.320. The van der Waals surface area contributed by atoms with Crippen molar-refractivity contribution < 1.29 is 9.90 Å². The zero-order valence-electron chi connectivity index (χ0n) is 10.0. The number of amides is 1. The van der Waals surface area contributed by atoms with Gasteiger partial charge in [-0.25, -0.2) is 0 Å². The van der Waals surface area contributed by atoms with Crippen molar-refractivity contribution >= 4 is 17.5 Å². The SMILES string of the molecule is CCCC(C)(O)CNC(=O)c1cnccc1Cl. The number of aromatic nitrogens is 1. The van der Waals surface area contributed by atoms with E-state index in [1.165, 1.54) is 12.4 Å². The Morgan fingerprint density at radius 2 is 2.35 bits per heavy atom. The van der Waals surface area contributed by atoms with Crippen molar-refractivity contribution in [3.8, 4) is 0 Å². The fourth-order valence-electron chi connectivity index (χ4n) is 1.54. The van der Waals surface area contributed by atoms with Gasteiger partial charge in [-0.15, -0.1) is 0 Å². The average molecular weight is 257 g/mol. The second-order valence-electron chi connectivity index (χ2n) is 4.29. The predicted octanol–water partition coefficient (Wildman–Crippen LogP) is 2.02. The number of halogens is 1. The molecular weight excluding hydrogens is 240 g/mol. The smallest absolute Gasteiger partial charge is 0.254 e. The van der Waals surface area contributed by atoms with E-state index < -0.39 is 5.60 Å². The van der Waals surface area contributed by atoms with Gasteiger partial charge in [0.25, 0.3) is 5.91 Å². The molecule has 1 rings (SSSR count). The number of aliphatic hydroxyl groups is 1. The van der Waals surface area contributed by atoms with Crippen LogP contribution >= 0.6 is 11.6 Å². The Labute approximate surface area is 106 Å². The number of rotatable bonds is 5. The van der Waals surface area contributed by atoms with Crippen LogP contribution in [0.15, 0.2) is 18.5 Å². The number of nitrogens with one attached hydrogen (secondary N) is 1. The molecule has 1 unspecified atom stereocenters.